The number of aliphatic carboxylic acids is 1. The molecule has 1 aliphatic carbocycles. The predicted octanol–water partition coefficient (Wildman–Crippen LogP) is 1.80. The van der Waals surface area contributed by atoms with Crippen molar-refractivity contribution in [3.63, 3.8) is 0 Å². The van der Waals surface area contributed by atoms with Gasteiger partial charge in [0.25, 0.3) is 0 Å². The minimum atomic E-state index is -0.871. The molecule has 3 unspecified atom stereocenters. The van der Waals surface area contributed by atoms with E-state index in [1.54, 1.807) is 17.9 Å². The molecule has 1 saturated carbocycles. The lowest BCUT2D eigenvalue weighted by Gasteiger charge is -2.15. The van der Waals surface area contributed by atoms with Crippen molar-refractivity contribution in [2.24, 2.45) is 24.8 Å². The molecule has 110 valence electrons. The first-order chi connectivity index (χ1) is 9.42. The Morgan fingerprint density at radius 3 is 2.60 bits per heavy atom. The van der Waals surface area contributed by atoms with Gasteiger partial charge in [0.2, 0.25) is 5.91 Å². The van der Waals surface area contributed by atoms with E-state index in [2.05, 4.69) is 10.4 Å². The van der Waals surface area contributed by atoms with Gasteiger partial charge in [0.15, 0.2) is 0 Å². The van der Waals surface area contributed by atoms with Gasteiger partial charge in [0.05, 0.1) is 23.2 Å². The minimum Gasteiger partial charge on any atom is -0.481 e. The van der Waals surface area contributed by atoms with Gasteiger partial charge in [0.1, 0.15) is 0 Å². The van der Waals surface area contributed by atoms with Crippen LogP contribution in [0.3, 0.4) is 0 Å². The second-order valence-corrected chi connectivity index (χ2v) is 5.59. The summed E-state index contributed by atoms with van der Waals surface area (Å²) >= 11 is 0. The third-order valence-electron chi connectivity index (χ3n) is 4.16. The molecule has 3 atom stereocenters. The molecule has 0 radical (unpaired) electrons. The van der Waals surface area contributed by atoms with Gasteiger partial charge in [-0.25, -0.2) is 0 Å². The van der Waals surface area contributed by atoms with Crippen molar-refractivity contribution in [2.45, 2.75) is 33.1 Å². The number of carbonyl (C=O) groups excluding carboxylic acids is 1. The maximum absolute atomic E-state index is 12.3. The van der Waals surface area contributed by atoms with Gasteiger partial charge in [-0.3, -0.25) is 14.3 Å². The predicted molar refractivity (Wildman–Crippen MR) is 74.2 cm³/mol. The first-order valence-corrected chi connectivity index (χ1v) is 6.96. The summed E-state index contributed by atoms with van der Waals surface area (Å²) in [6, 6.07) is 0. The van der Waals surface area contributed by atoms with Crippen LogP contribution in [0, 0.1) is 24.7 Å². The summed E-state index contributed by atoms with van der Waals surface area (Å²) < 4.78 is 1.63. The third-order valence-corrected chi connectivity index (χ3v) is 4.16. The van der Waals surface area contributed by atoms with E-state index in [9.17, 15) is 14.7 Å². The molecule has 1 heterocycles. The molecule has 0 saturated heterocycles. The van der Waals surface area contributed by atoms with Crippen LogP contribution in [-0.2, 0) is 16.6 Å². The van der Waals surface area contributed by atoms with E-state index < -0.39 is 17.8 Å². The molecule has 1 aromatic rings. The number of aromatic nitrogens is 2. The zero-order valence-corrected chi connectivity index (χ0v) is 12.1. The highest BCUT2D eigenvalue weighted by Gasteiger charge is 2.42. The Bertz CT molecular complexity index is 524. The molecule has 20 heavy (non-hydrogen) atoms. The van der Waals surface area contributed by atoms with Gasteiger partial charge in [0, 0.05) is 13.2 Å². The average molecular weight is 279 g/mol. The Hall–Kier alpha value is -1.85. The monoisotopic (exact) mass is 279 g/mol. The molecular weight excluding hydrogens is 258 g/mol. The maximum atomic E-state index is 12.3. The zero-order chi connectivity index (χ0) is 14.9. The topological polar surface area (TPSA) is 84.2 Å². The largest absolute Gasteiger partial charge is 0.481 e. The molecule has 1 aliphatic rings. The molecule has 2 N–H and O–H groups in total. The zero-order valence-electron chi connectivity index (χ0n) is 12.1. The second-order valence-electron chi connectivity index (χ2n) is 5.59. The summed E-state index contributed by atoms with van der Waals surface area (Å²) in [6.07, 6.45) is 3.89. The van der Waals surface area contributed by atoms with Crippen LogP contribution in [0.1, 0.15) is 31.9 Å². The lowest BCUT2D eigenvalue weighted by molar-refractivity contribution is -0.145. The van der Waals surface area contributed by atoms with E-state index in [0.717, 1.165) is 12.1 Å². The molecular formula is C14H21N3O3. The van der Waals surface area contributed by atoms with Crippen LogP contribution < -0.4 is 5.32 Å². The molecule has 2 rings (SSSR count). The fourth-order valence-corrected chi connectivity index (χ4v) is 2.99. The quantitative estimate of drug-likeness (QED) is 0.880. The van der Waals surface area contributed by atoms with E-state index >= 15 is 0 Å². The summed E-state index contributed by atoms with van der Waals surface area (Å²) in [5, 5.41) is 16.3. The highest BCUT2D eigenvalue weighted by atomic mass is 16.4. The van der Waals surface area contributed by atoms with Gasteiger partial charge in [-0.2, -0.15) is 5.10 Å². The van der Waals surface area contributed by atoms with E-state index in [1.165, 1.54) is 0 Å². The number of aryl methyl sites for hydroxylation is 2. The normalized spacial score (nSPS) is 25.6. The summed E-state index contributed by atoms with van der Waals surface area (Å²) in [4.78, 5) is 23.6. The molecule has 0 aliphatic heterocycles. The van der Waals surface area contributed by atoms with E-state index in [1.807, 2.05) is 13.8 Å². The number of nitrogens with one attached hydrogen (secondary N) is 1. The number of rotatable bonds is 4. The average Bonchev–Trinajstić information content (AvgIpc) is 2.93. The van der Waals surface area contributed by atoms with Crippen molar-refractivity contribution >= 4 is 17.6 Å². The number of carbonyl (C=O) groups is 2. The van der Waals surface area contributed by atoms with Gasteiger partial charge in [-0.1, -0.05) is 13.3 Å². The van der Waals surface area contributed by atoms with Crippen LogP contribution in [0.25, 0.3) is 0 Å². The molecule has 0 bridgehead atoms. The number of carboxylic acid groups (broad SMARTS) is 1. The van der Waals surface area contributed by atoms with Gasteiger partial charge < -0.3 is 10.4 Å². The van der Waals surface area contributed by atoms with Crippen molar-refractivity contribution in [1.29, 1.82) is 0 Å². The number of hydrogen-bond donors (Lipinski definition) is 2. The molecule has 1 aromatic heterocycles. The first-order valence-electron chi connectivity index (χ1n) is 6.96. The summed E-state index contributed by atoms with van der Waals surface area (Å²) in [6.45, 7) is 3.85. The lowest BCUT2D eigenvalue weighted by atomic mass is 9.95. The molecule has 0 aromatic carbocycles. The van der Waals surface area contributed by atoms with Crippen LogP contribution >= 0.6 is 0 Å². The molecule has 6 nitrogen and oxygen atoms in total. The van der Waals surface area contributed by atoms with Crippen molar-refractivity contribution in [3.05, 3.63) is 11.9 Å². The fourth-order valence-electron chi connectivity index (χ4n) is 2.99. The number of amides is 1. The summed E-state index contributed by atoms with van der Waals surface area (Å²) in [5.74, 6) is -1.77. The van der Waals surface area contributed by atoms with E-state index in [0.29, 0.717) is 24.4 Å². The summed E-state index contributed by atoms with van der Waals surface area (Å²) in [5.41, 5.74) is 1.39. The number of hydrogen-bond acceptors (Lipinski definition) is 3. The van der Waals surface area contributed by atoms with Crippen molar-refractivity contribution in [3.8, 4) is 0 Å². The Balaban J connectivity index is 2.11. The molecule has 1 amide bonds. The Labute approximate surface area is 118 Å². The van der Waals surface area contributed by atoms with Crippen LogP contribution in [0.15, 0.2) is 6.20 Å². The number of anilines is 1. The van der Waals surface area contributed by atoms with Crippen LogP contribution in [0.4, 0.5) is 5.69 Å². The first kappa shape index (κ1) is 14.6. The van der Waals surface area contributed by atoms with E-state index in [-0.39, 0.29) is 5.91 Å². The maximum Gasteiger partial charge on any atom is 0.307 e. The van der Waals surface area contributed by atoms with Crippen molar-refractivity contribution in [1.82, 2.24) is 9.78 Å². The van der Waals surface area contributed by atoms with E-state index in [4.69, 9.17) is 0 Å². The van der Waals surface area contributed by atoms with Crippen LogP contribution in [0.2, 0.25) is 0 Å². The highest BCUT2D eigenvalue weighted by Crippen LogP contribution is 2.39. The van der Waals surface area contributed by atoms with Gasteiger partial charge in [-0.05, 0) is 25.7 Å². The Kier molecular flexibility index (Phi) is 4.11. The highest BCUT2D eigenvalue weighted by molar-refractivity contribution is 5.95. The molecule has 0 spiro atoms. The van der Waals surface area contributed by atoms with Gasteiger partial charge >= 0.3 is 5.97 Å². The molecule has 6 heteroatoms. The number of nitrogens with zero attached hydrogens (tertiary/aromatic N) is 2. The Morgan fingerprint density at radius 1 is 1.45 bits per heavy atom. The third kappa shape index (κ3) is 2.84. The second kappa shape index (κ2) is 5.64. The fraction of sp³-hybridized carbons (Fsp3) is 0.643. The smallest absolute Gasteiger partial charge is 0.307 e. The van der Waals surface area contributed by atoms with Crippen LogP contribution in [-0.4, -0.2) is 26.8 Å². The minimum absolute atomic E-state index is 0.204. The van der Waals surface area contributed by atoms with Gasteiger partial charge in [-0.15, -0.1) is 0 Å². The van der Waals surface area contributed by atoms with Crippen molar-refractivity contribution in [2.75, 3.05) is 5.32 Å². The number of carboxylic acids is 1. The van der Waals surface area contributed by atoms with Crippen molar-refractivity contribution < 1.29 is 14.7 Å². The molecule has 1 fully saturated rings. The standard InChI is InChI=1S/C14H21N3O3/c1-4-9-5-10(11(6-9)14(19)20)13(18)15-12-7-17(3)16-8(12)2/h7,9-11H,4-6H2,1-3H3,(H,15,18)(H,19,20). The SMILES string of the molecule is CCC1CC(C(=O)O)C(C(=O)Nc2cn(C)nc2C)C1. The van der Waals surface area contributed by atoms with Crippen LogP contribution in [0.5, 0.6) is 0 Å². The summed E-state index contributed by atoms with van der Waals surface area (Å²) in [7, 11) is 1.78. The Morgan fingerprint density at radius 2 is 2.10 bits per heavy atom. The lowest BCUT2D eigenvalue weighted by Crippen LogP contribution is -2.30.